The van der Waals surface area contributed by atoms with Crippen LogP contribution in [0.25, 0.3) is 22.2 Å². The Hall–Kier alpha value is -2.39. The fraction of sp³-hybridized carbons (Fsp3) is 0.429. The van der Waals surface area contributed by atoms with Crippen LogP contribution in [0.15, 0.2) is 54.6 Å². The lowest BCUT2D eigenvalue weighted by molar-refractivity contribution is 0.0751. The maximum atomic E-state index is 13.8. The molecule has 32 heavy (non-hydrogen) atoms. The predicted octanol–water partition coefficient (Wildman–Crippen LogP) is 8.16. The number of amides is 1. The van der Waals surface area contributed by atoms with Gasteiger partial charge >= 0.3 is 0 Å². The molecule has 0 saturated carbocycles. The molecule has 0 aliphatic carbocycles. The van der Waals surface area contributed by atoms with E-state index in [0.29, 0.717) is 5.02 Å². The highest BCUT2D eigenvalue weighted by Gasteiger charge is 2.20. The van der Waals surface area contributed by atoms with Crippen molar-refractivity contribution in [2.75, 3.05) is 13.1 Å². The van der Waals surface area contributed by atoms with Crippen molar-refractivity contribution in [2.24, 2.45) is 0 Å². The maximum Gasteiger partial charge on any atom is 0.254 e. The molecule has 0 aliphatic rings. The molecule has 0 aliphatic heterocycles. The van der Waals surface area contributed by atoms with Crippen molar-refractivity contribution in [1.82, 2.24) is 9.88 Å². The lowest BCUT2D eigenvalue weighted by atomic mass is 10.0. The summed E-state index contributed by atoms with van der Waals surface area (Å²) in [6, 6.07) is 17.5. The van der Waals surface area contributed by atoms with Crippen LogP contribution in [0.2, 0.25) is 5.02 Å². The molecule has 0 atom stereocenters. The predicted molar refractivity (Wildman–Crippen MR) is 136 cm³/mol. The first-order chi connectivity index (χ1) is 15.7. The highest BCUT2D eigenvalue weighted by atomic mass is 35.5. The minimum absolute atomic E-state index is 0.102. The summed E-state index contributed by atoms with van der Waals surface area (Å²) in [5.74, 6) is 0.102. The molecule has 3 nitrogen and oxygen atoms in total. The number of nitrogens with zero attached hydrogens (tertiary/aromatic N) is 2. The lowest BCUT2D eigenvalue weighted by Gasteiger charge is -2.24. The van der Waals surface area contributed by atoms with Crippen molar-refractivity contribution in [3.63, 3.8) is 0 Å². The van der Waals surface area contributed by atoms with Crippen LogP contribution < -0.4 is 0 Å². The van der Waals surface area contributed by atoms with E-state index in [2.05, 4.69) is 18.7 Å². The first-order valence-electron chi connectivity index (χ1n) is 12.1. The lowest BCUT2D eigenvalue weighted by Crippen LogP contribution is -2.33. The van der Waals surface area contributed by atoms with Gasteiger partial charge in [0, 0.05) is 29.1 Å². The quantitative estimate of drug-likeness (QED) is 0.261. The number of hydrogen-bond acceptors (Lipinski definition) is 2. The Morgan fingerprint density at radius 3 is 2.12 bits per heavy atom. The summed E-state index contributed by atoms with van der Waals surface area (Å²) in [4.78, 5) is 20.7. The number of carbonyl (C=O) groups excluding carboxylic acids is 1. The first kappa shape index (κ1) is 24.3. The number of aromatic nitrogens is 1. The largest absolute Gasteiger partial charge is 0.339 e. The van der Waals surface area contributed by atoms with E-state index in [1.807, 2.05) is 54.6 Å². The third-order valence-electron chi connectivity index (χ3n) is 5.95. The monoisotopic (exact) mass is 450 g/mol. The van der Waals surface area contributed by atoms with Crippen LogP contribution in [0.3, 0.4) is 0 Å². The molecule has 4 heteroatoms. The molecule has 3 rings (SSSR count). The number of rotatable bonds is 12. The van der Waals surface area contributed by atoms with E-state index in [1.165, 1.54) is 25.7 Å². The summed E-state index contributed by atoms with van der Waals surface area (Å²) in [5, 5.41) is 1.55. The van der Waals surface area contributed by atoms with Crippen LogP contribution >= 0.6 is 11.6 Å². The van der Waals surface area contributed by atoms with E-state index in [4.69, 9.17) is 16.6 Å². The summed E-state index contributed by atoms with van der Waals surface area (Å²) >= 11 is 6.47. The van der Waals surface area contributed by atoms with Crippen molar-refractivity contribution in [1.29, 1.82) is 0 Å². The fourth-order valence-corrected chi connectivity index (χ4v) is 4.34. The number of pyridine rings is 1. The third kappa shape index (κ3) is 6.32. The number of hydrogen-bond donors (Lipinski definition) is 0. The Bertz CT molecular complexity index is 1010. The van der Waals surface area contributed by atoms with Crippen molar-refractivity contribution >= 4 is 28.4 Å². The van der Waals surface area contributed by atoms with Crippen molar-refractivity contribution in [3.8, 4) is 11.3 Å². The van der Waals surface area contributed by atoms with Crippen molar-refractivity contribution in [2.45, 2.75) is 65.2 Å². The van der Waals surface area contributed by atoms with Crippen LogP contribution in [0.5, 0.6) is 0 Å². The summed E-state index contributed by atoms with van der Waals surface area (Å²) in [5.41, 5.74) is 3.14. The summed E-state index contributed by atoms with van der Waals surface area (Å²) in [7, 11) is 0. The van der Waals surface area contributed by atoms with Crippen LogP contribution in [0.4, 0.5) is 0 Å². The molecule has 1 aromatic heterocycles. The molecule has 0 N–H and O–H groups in total. The standard InChI is InChI=1S/C28H35ClN2O/c1-3-5-7-13-19-31(20-14-8-6-4-2)28(32)24-21-27(23-16-9-11-17-25(23)29)30-26-18-12-10-15-22(24)26/h9-12,15-18,21H,3-8,13-14,19-20H2,1-2H3. The van der Waals surface area contributed by atoms with Gasteiger partial charge in [0.25, 0.3) is 5.91 Å². The van der Waals surface area contributed by atoms with E-state index in [1.54, 1.807) is 0 Å². The topological polar surface area (TPSA) is 33.2 Å². The second-order valence-electron chi connectivity index (χ2n) is 8.47. The van der Waals surface area contributed by atoms with Crippen molar-refractivity contribution in [3.05, 3.63) is 65.2 Å². The zero-order valence-corrected chi connectivity index (χ0v) is 20.2. The van der Waals surface area contributed by atoms with E-state index in [9.17, 15) is 4.79 Å². The van der Waals surface area contributed by atoms with Gasteiger partial charge < -0.3 is 4.90 Å². The molecule has 0 radical (unpaired) electrons. The molecule has 0 fully saturated rings. The third-order valence-corrected chi connectivity index (χ3v) is 6.28. The number of halogens is 1. The zero-order valence-electron chi connectivity index (χ0n) is 19.4. The normalized spacial score (nSPS) is 11.1. The molecule has 170 valence electrons. The Labute approximate surface area is 197 Å². The zero-order chi connectivity index (χ0) is 22.8. The van der Waals surface area contributed by atoms with Gasteiger partial charge in [-0.05, 0) is 31.0 Å². The van der Waals surface area contributed by atoms with Crippen LogP contribution in [-0.2, 0) is 0 Å². The van der Waals surface area contributed by atoms with E-state index >= 15 is 0 Å². The Morgan fingerprint density at radius 2 is 1.47 bits per heavy atom. The van der Waals surface area contributed by atoms with Gasteiger partial charge in [-0.25, -0.2) is 4.98 Å². The molecule has 0 saturated heterocycles. The van der Waals surface area contributed by atoms with Crippen LogP contribution in [0.1, 0.15) is 75.6 Å². The van der Waals surface area contributed by atoms with E-state index < -0.39 is 0 Å². The van der Waals surface area contributed by atoms with Crippen molar-refractivity contribution < 1.29 is 4.79 Å². The Kier molecular flexibility index (Phi) is 9.55. The number of unbranched alkanes of at least 4 members (excludes halogenated alkanes) is 6. The molecule has 2 aromatic carbocycles. The maximum absolute atomic E-state index is 13.8. The number of fused-ring (bicyclic) bond motifs is 1. The molecule has 0 spiro atoms. The van der Waals surface area contributed by atoms with Gasteiger partial charge in [0.15, 0.2) is 0 Å². The molecule has 0 bridgehead atoms. The van der Waals surface area contributed by atoms with Crippen LogP contribution in [-0.4, -0.2) is 28.9 Å². The molecule has 3 aromatic rings. The second kappa shape index (κ2) is 12.6. The molecule has 1 amide bonds. The molecule has 1 heterocycles. The van der Waals surface area contributed by atoms with Gasteiger partial charge in [-0.1, -0.05) is 100 Å². The average molecular weight is 451 g/mol. The smallest absolute Gasteiger partial charge is 0.254 e. The molecular formula is C28H35ClN2O. The summed E-state index contributed by atoms with van der Waals surface area (Å²) in [6.45, 7) is 6.05. The minimum Gasteiger partial charge on any atom is -0.339 e. The SMILES string of the molecule is CCCCCCN(CCCCCC)C(=O)c1cc(-c2ccccc2Cl)nc2ccccc12. The molecular weight excluding hydrogens is 416 g/mol. The van der Waals surface area contributed by atoms with Gasteiger partial charge in [-0.15, -0.1) is 0 Å². The minimum atomic E-state index is 0.102. The summed E-state index contributed by atoms with van der Waals surface area (Å²) in [6.07, 6.45) is 9.25. The van der Waals surface area contributed by atoms with Gasteiger partial charge in [-0.3, -0.25) is 4.79 Å². The number of para-hydroxylation sites is 1. The number of carbonyl (C=O) groups is 1. The van der Waals surface area contributed by atoms with E-state index in [-0.39, 0.29) is 5.91 Å². The van der Waals surface area contributed by atoms with Gasteiger partial charge in [0.05, 0.1) is 16.8 Å². The van der Waals surface area contributed by atoms with Crippen LogP contribution in [0, 0.1) is 0 Å². The second-order valence-corrected chi connectivity index (χ2v) is 8.87. The van der Waals surface area contributed by atoms with E-state index in [0.717, 1.165) is 66.5 Å². The summed E-state index contributed by atoms with van der Waals surface area (Å²) < 4.78 is 0. The molecule has 0 unspecified atom stereocenters. The van der Waals surface area contributed by atoms with Gasteiger partial charge in [-0.2, -0.15) is 0 Å². The fourth-order valence-electron chi connectivity index (χ4n) is 4.10. The Morgan fingerprint density at radius 1 is 0.844 bits per heavy atom. The Balaban J connectivity index is 1.95. The average Bonchev–Trinajstić information content (AvgIpc) is 2.82. The number of benzene rings is 2. The highest BCUT2D eigenvalue weighted by Crippen LogP contribution is 2.30. The highest BCUT2D eigenvalue weighted by molar-refractivity contribution is 6.33. The first-order valence-corrected chi connectivity index (χ1v) is 12.5. The van der Waals surface area contributed by atoms with Gasteiger partial charge in [0.1, 0.15) is 0 Å². The van der Waals surface area contributed by atoms with Gasteiger partial charge in [0.2, 0.25) is 0 Å².